The van der Waals surface area contributed by atoms with Crippen LogP contribution < -0.4 is 10.6 Å². The van der Waals surface area contributed by atoms with Crippen LogP contribution in [0.25, 0.3) is 0 Å². The Kier molecular flexibility index (Phi) is 5.46. The van der Waals surface area contributed by atoms with E-state index in [1.54, 1.807) is 6.20 Å². The quantitative estimate of drug-likeness (QED) is 0.839. The minimum atomic E-state index is -0.156. The van der Waals surface area contributed by atoms with Gasteiger partial charge in [0, 0.05) is 31.9 Å². The van der Waals surface area contributed by atoms with Crippen LogP contribution in [0.15, 0.2) is 24.5 Å². The molecule has 1 aliphatic rings. The van der Waals surface area contributed by atoms with E-state index in [4.69, 9.17) is 0 Å². The van der Waals surface area contributed by atoms with Gasteiger partial charge < -0.3 is 10.6 Å². The monoisotopic (exact) mass is 319 g/mol. The summed E-state index contributed by atoms with van der Waals surface area (Å²) in [5.74, 6) is 0. The van der Waals surface area contributed by atoms with Crippen molar-refractivity contribution in [2.75, 3.05) is 25.0 Å². The van der Waals surface area contributed by atoms with Crippen molar-refractivity contribution in [1.29, 1.82) is 0 Å². The van der Waals surface area contributed by atoms with Gasteiger partial charge in [-0.05, 0) is 40.5 Å². The molecule has 128 valence electrons. The number of hydrogen-bond donors (Lipinski definition) is 2. The lowest BCUT2D eigenvalue weighted by Crippen LogP contribution is -2.46. The second-order valence-corrected chi connectivity index (χ2v) is 7.45. The van der Waals surface area contributed by atoms with E-state index in [0.29, 0.717) is 0 Å². The van der Waals surface area contributed by atoms with Crippen molar-refractivity contribution in [2.24, 2.45) is 0 Å². The van der Waals surface area contributed by atoms with Crippen molar-refractivity contribution < 1.29 is 4.79 Å². The van der Waals surface area contributed by atoms with Crippen LogP contribution in [-0.4, -0.2) is 46.4 Å². The Bertz CT molecular complexity index is 550. The molecule has 0 aromatic carbocycles. The Morgan fingerprint density at radius 1 is 1.39 bits per heavy atom. The van der Waals surface area contributed by atoms with E-state index in [0.717, 1.165) is 38.2 Å². The van der Waals surface area contributed by atoms with Crippen LogP contribution in [-0.2, 0) is 5.54 Å². The molecule has 1 aliphatic heterocycles. The van der Waals surface area contributed by atoms with E-state index in [1.807, 2.05) is 10.9 Å². The Balaban J connectivity index is 1.77. The SMILES string of the molecule is C=C(C)CN1CCC(NC(=O)Nc2cnn(C(C)(C)C)c2)CC1. The highest BCUT2D eigenvalue weighted by Crippen LogP contribution is 2.16. The van der Waals surface area contributed by atoms with Gasteiger partial charge >= 0.3 is 6.03 Å². The van der Waals surface area contributed by atoms with Gasteiger partial charge in [-0.25, -0.2) is 4.79 Å². The first-order chi connectivity index (χ1) is 10.7. The summed E-state index contributed by atoms with van der Waals surface area (Å²) in [7, 11) is 0. The number of carbonyl (C=O) groups is 1. The third-order valence-electron chi connectivity index (χ3n) is 3.94. The number of likely N-dealkylation sites (tertiary alicyclic amines) is 1. The predicted octanol–water partition coefficient (Wildman–Crippen LogP) is 2.80. The lowest BCUT2D eigenvalue weighted by Gasteiger charge is -2.32. The zero-order valence-corrected chi connectivity index (χ0v) is 14.7. The van der Waals surface area contributed by atoms with Crippen molar-refractivity contribution in [1.82, 2.24) is 20.0 Å². The van der Waals surface area contributed by atoms with Gasteiger partial charge in [0.2, 0.25) is 0 Å². The first-order valence-electron chi connectivity index (χ1n) is 8.23. The fourth-order valence-corrected chi connectivity index (χ4v) is 2.72. The average Bonchev–Trinajstić information content (AvgIpc) is 2.89. The number of amides is 2. The van der Waals surface area contributed by atoms with Crippen molar-refractivity contribution in [3.63, 3.8) is 0 Å². The van der Waals surface area contributed by atoms with Crippen LogP contribution in [0.3, 0.4) is 0 Å². The highest BCUT2D eigenvalue weighted by atomic mass is 16.2. The van der Waals surface area contributed by atoms with Crippen LogP contribution in [0.4, 0.5) is 10.5 Å². The molecule has 2 heterocycles. The Hall–Kier alpha value is -1.82. The zero-order valence-electron chi connectivity index (χ0n) is 14.7. The predicted molar refractivity (Wildman–Crippen MR) is 93.7 cm³/mol. The van der Waals surface area contributed by atoms with Crippen LogP contribution in [0.2, 0.25) is 0 Å². The average molecular weight is 319 g/mol. The molecule has 1 aromatic heterocycles. The summed E-state index contributed by atoms with van der Waals surface area (Å²) < 4.78 is 1.85. The van der Waals surface area contributed by atoms with Crippen molar-refractivity contribution in [2.45, 2.75) is 52.1 Å². The van der Waals surface area contributed by atoms with Gasteiger partial charge in [0.25, 0.3) is 0 Å². The molecule has 0 spiro atoms. The largest absolute Gasteiger partial charge is 0.335 e. The summed E-state index contributed by atoms with van der Waals surface area (Å²) in [4.78, 5) is 14.5. The molecule has 0 radical (unpaired) electrons. The van der Waals surface area contributed by atoms with E-state index < -0.39 is 0 Å². The van der Waals surface area contributed by atoms with Crippen LogP contribution in [0.5, 0.6) is 0 Å². The molecule has 0 unspecified atom stereocenters. The van der Waals surface area contributed by atoms with Crippen LogP contribution in [0, 0.1) is 0 Å². The first-order valence-corrected chi connectivity index (χ1v) is 8.23. The Labute approximate surface area is 138 Å². The maximum Gasteiger partial charge on any atom is 0.319 e. The summed E-state index contributed by atoms with van der Waals surface area (Å²) in [6.07, 6.45) is 5.49. The molecule has 23 heavy (non-hydrogen) atoms. The van der Waals surface area contributed by atoms with Gasteiger partial charge in [0.15, 0.2) is 0 Å². The Morgan fingerprint density at radius 2 is 2.04 bits per heavy atom. The number of carbonyl (C=O) groups excluding carboxylic acids is 1. The molecule has 1 saturated heterocycles. The third-order valence-corrected chi connectivity index (χ3v) is 3.94. The fraction of sp³-hybridized carbons (Fsp3) is 0.647. The zero-order chi connectivity index (χ0) is 17.0. The molecular weight excluding hydrogens is 290 g/mol. The van der Waals surface area contributed by atoms with Gasteiger partial charge in [0.05, 0.1) is 17.4 Å². The lowest BCUT2D eigenvalue weighted by molar-refractivity contribution is 0.207. The highest BCUT2D eigenvalue weighted by molar-refractivity contribution is 5.89. The van der Waals surface area contributed by atoms with E-state index in [2.05, 4.69) is 54.9 Å². The van der Waals surface area contributed by atoms with E-state index in [1.165, 1.54) is 5.57 Å². The third kappa shape index (κ3) is 5.39. The van der Waals surface area contributed by atoms with E-state index in [9.17, 15) is 4.79 Å². The number of nitrogens with zero attached hydrogens (tertiary/aromatic N) is 3. The number of aromatic nitrogens is 2. The summed E-state index contributed by atoms with van der Waals surface area (Å²) in [6, 6.07) is 0.0749. The molecule has 2 N–H and O–H groups in total. The van der Waals surface area contributed by atoms with Crippen LogP contribution in [0.1, 0.15) is 40.5 Å². The molecule has 0 bridgehead atoms. The molecule has 1 aromatic rings. The molecule has 1 fully saturated rings. The topological polar surface area (TPSA) is 62.2 Å². The summed E-state index contributed by atoms with van der Waals surface area (Å²) in [6.45, 7) is 15.2. The van der Waals surface area contributed by atoms with Crippen molar-refractivity contribution in [3.05, 3.63) is 24.5 Å². The minimum Gasteiger partial charge on any atom is -0.335 e. The number of rotatable bonds is 4. The maximum atomic E-state index is 12.1. The molecule has 6 heteroatoms. The van der Waals surface area contributed by atoms with Gasteiger partial charge in [-0.3, -0.25) is 9.58 Å². The number of piperidine rings is 1. The smallest absolute Gasteiger partial charge is 0.319 e. The van der Waals surface area contributed by atoms with E-state index in [-0.39, 0.29) is 17.6 Å². The molecule has 0 atom stereocenters. The normalized spacial score (nSPS) is 17.0. The van der Waals surface area contributed by atoms with E-state index >= 15 is 0 Å². The van der Waals surface area contributed by atoms with Gasteiger partial charge in [-0.1, -0.05) is 12.2 Å². The summed E-state index contributed by atoms with van der Waals surface area (Å²) in [5, 5.41) is 10.2. The molecule has 6 nitrogen and oxygen atoms in total. The number of anilines is 1. The number of nitrogens with one attached hydrogen (secondary N) is 2. The molecule has 2 amide bonds. The number of urea groups is 1. The minimum absolute atomic E-state index is 0.0908. The summed E-state index contributed by atoms with van der Waals surface area (Å²) >= 11 is 0. The van der Waals surface area contributed by atoms with Crippen molar-refractivity contribution in [3.8, 4) is 0 Å². The Morgan fingerprint density at radius 3 is 2.57 bits per heavy atom. The fourth-order valence-electron chi connectivity index (χ4n) is 2.72. The molecular formula is C17H29N5O. The lowest BCUT2D eigenvalue weighted by atomic mass is 10.0. The van der Waals surface area contributed by atoms with Crippen molar-refractivity contribution >= 4 is 11.7 Å². The van der Waals surface area contributed by atoms with Gasteiger partial charge in [-0.15, -0.1) is 0 Å². The highest BCUT2D eigenvalue weighted by Gasteiger charge is 2.21. The first kappa shape index (κ1) is 17.5. The second kappa shape index (κ2) is 7.17. The molecule has 0 saturated carbocycles. The maximum absolute atomic E-state index is 12.1. The van der Waals surface area contributed by atoms with Gasteiger partial charge in [0.1, 0.15) is 0 Å². The standard InChI is InChI=1S/C17H29N5O/c1-13(2)11-21-8-6-14(7-9-21)19-16(23)20-15-10-18-22(12-15)17(3,4)5/h10,12,14H,1,6-9,11H2,2-5H3,(H2,19,20,23). The van der Waals surface area contributed by atoms with Crippen LogP contribution >= 0.6 is 0 Å². The molecule has 0 aliphatic carbocycles. The summed E-state index contributed by atoms with van der Waals surface area (Å²) in [5.41, 5.74) is 1.81. The second-order valence-electron chi connectivity index (χ2n) is 7.45. The molecule has 2 rings (SSSR count). The number of hydrogen-bond acceptors (Lipinski definition) is 3. The van der Waals surface area contributed by atoms with Gasteiger partial charge in [-0.2, -0.15) is 5.10 Å².